The summed E-state index contributed by atoms with van der Waals surface area (Å²) in [6.07, 6.45) is -1.42. The first-order valence-corrected chi connectivity index (χ1v) is 7.28. The molecule has 2 atom stereocenters. The second-order valence-corrected chi connectivity index (χ2v) is 5.09. The number of carbonyl (C=O) groups excluding carboxylic acids is 3. The fourth-order valence-electron chi connectivity index (χ4n) is 1.60. The van der Waals surface area contributed by atoms with Crippen LogP contribution in [0.3, 0.4) is 0 Å². The number of hydrogen-bond donors (Lipinski definition) is 7. The van der Waals surface area contributed by atoms with Gasteiger partial charge in [-0.2, -0.15) is 0 Å². The first kappa shape index (κ1) is 22.8. The summed E-state index contributed by atoms with van der Waals surface area (Å²) in [6, 6.07) is -2.82. The minimum atomic E-state index is -1.55. The van der Waals surface area contributed by atoms with Gasteiger partial charge in [0.1, 0.15) is 12.6 Å². The zero-order valence-electron chi connectivity index (χ0n) is 13.6. The highest BCUT2D eigenvalue weighted by atomic mass is 16.4. The molecular weight excluding hydrogens is 356 g/mol. The highest BCUT2D eigenvalue weighted by molar-refractivity contribution is 5.94. The number of hydrogen-bond acceptors (Lipinski definition) is 7. The second kappa shape index (κ2) is 11.4. The van der Waals surface area contributed by atoms with E-state index >= 15 is 0 Å². The third-order valence-electron chi connectivity index (χ3n) is 2.88. The van der Waals surface area contributed by atoms with Crippen molar-refractivity contribution in [2.24, 2.45) is 5.73 Å². The summed E-state index contributed by atoms with van der Waals surface area (Å²) in [5.41, 5.74) is 5.46. The average molecular weight is 376 g/mol. The standard InChI is InChI=1S/C13H20N4O9/c14-6(1-2-9(19)20)12(25)17-7(3-10(21)22)13(26)16-4-8(18)15-5-11(23)24/h6-7H,1-5,14H2,(H,15,18)(H,16,26)(H,17,25)(H,19,20)(H,21,22)(H,23,24). The Hall–Kier alpha value is -3.22. The molecule has 13 heteroatoms. The number of amides is 3. The van der Waals surface area contributed by atoms with Crippen LogP contribution in [0.1, 0.15) is 19.3 Å². The molecule has 0 fully saturated rings. The molecule has 26 heavy (non-hydrogen) atoms. The lowest BCUT2D eigenvalue weighted by atomic mass is 10.1. The molecular formula is C13H20N4O9. The van der Waals surface area contributed by atoms with Gasteiger partial charge >= 0.3 is 17.9 Å². The molecule has 0 aromatic rings. The van der Waals surface area contributed by atoms with E-state index in [1.165, 1.54) is 0 Å². The number of nitrogens with one attached hydrogen (secondary N) is 3. The summed E-state index contributed by atoms with van der Waals surface area (Å²) < 4.78 is 0. The van der Waals surface area contributed by atoms with Gasteiger partial charge in [-0.1, -0.05) is 0 Å². The van der Waals surface area contributed by atoms with Crippen molar-refractivity contribution in [3.63, 3.8) is 0 Å². The fourth-order valence-corrected chi connectivity index (χ4v) is 1.60. The Bertz CT molecular complexity index is 578. The number of nitrogens with two attached hydrogens (primary N) is 1. The van der Waals surface area contributed by atoms with Crippen LogP contribution >= 0.6 is 0 Å². The lowest BCUT2D eigenvalue weighted by Gasteiger charge is -2.19. The van der Waals surface area contributed by atoms with Crippen LogP contribution < -0.4 is 21.7 Å². The predicted octanol–water partition coefficient (Wildman–Crippen LogP) is -3.54. The molecule has 3 amide bonds. The zero-order valence-corrected chi connectivity index (χ0v) is 13.6. The lowest BCUT2D eigenvalue weighted by Crippen LogP contribution is -2.53. The largest absolute Gasteiger partial charge is 0.481 e. The van der Waals surface area contributed by atoms with Gasteiger partial charge < -0.3 is 37.0 Å². The monoisotopic (exact) mass is 376 g/mol. The van der Waals surface area contributed by atoms with E-state index < -0.39 is 73.6 Å². The van der Waals surface area contributed by atoms with Crippen molar-refractivity contribution in [3.8, 4) is 0 Å². The molecule has 0 rings (SSSR count). The third kappa shape index (κ3) is 10.5. The molecule has 0 aliphatic rings. The normalized spacial score (nSPS) is 12.3. The van der Waals surface area contributed by atoms with Crippen molar-refractivity contribution in [2.75, 3.05) is 13.1 Å². The van der Waals surface area contributed by atoms with Gasteiger partial charge in [0, 0.05) is 6.42 Å². The molecule has 0 bridgehead atoms. The van der Waals surface area contributed by atoms with Crippen molar-refractivity contribution in [3.05, 3.63) is 0 Å². The third-order valence-corrected chi connectivity index (χ3v) is 2.88. The van der Waals surface area contributed by atoms with Gasteiger partial charge in [-0.15, -0.1) is 0 Å². The predicted molar refractivity (Wildman–Crippen MR) is 82.7 cm³/mol. The summed E-state index contributed by atoms with van der Waals surface area (Å²) in [7, 11) is 0. The number of carbonyl (C=O) groups is 6. The van der Waals surface area contributed by atoms with E-state index in [0.717, 1.165) is 0 Å². The first-order valence-electron chi connectivity index (χ1n) is 7.28. The Morgan fingerprint density at radius 3 is 1.92 bits per heavy atom. The molecule has 0 radical (unpaired) electrons. The smallest absolute Gasteiger partial charge is 0.322 e. The lowest BCUT2D eigenvalue weighted by molar-refractivity contribution is -0.141. The highest BCUT2D eigenvalue weighted by Gasteiger charge is 2.26. The quantitative estimate of drug-likeness (QED) is 0.177. The van der Waals surface area contributed by atoms with E-state index in [0.29, 0.717) is 0 Å². The summed E-state index contributed by atoms with van der Waals surface area (Å²) in [5, 5.41) is 31.8. The van der Waals surface area contributed by atoms with Crippen LogP contribution in [-0.4, -0.2) is 76.1 Å². The summed E-state index contributed by atoms with van der Waals surface area (Å²) in [5.74, 6) is -6.66. The maximum atomic E-state index is 11.9. The minimum Gasteiger partial charge on any atom is -0.481 e. The number of carboxylic acids is 3. The van der Waals surface area contributed by atoms with E-state index in [1.54, 1.807) is 0 Å². The van der Waals surface area contributed by atoms with Crippen LogP contribution in [0.15, 0.2) is 0 Å². The van der Waals surface area contributed by atoms with Crippen molar-refractivity contribution in [1.29, 1.82) is 0 Å². The van der Waals surface area contributed by atoms with Crippen molar-refractivity contribution in [1.82, 2.24) is 16.0 Å². The molecule has 0 aromatic carbocycles. The maximum Gasteiger partial charge on any atom is 0.322 e. The molecule has 0 aromatic heterocycles. The number of carboxylic acid groups (broad SMARTS) is 3. The molecule has 8 N–H and O–H groups in total. The van der Waals surface area contributed by atoms with E-state index in [-0.39, 0.29) is 6.42 Å². The van der Waals surface area contributed by atoms with Crippen molar-refractivity contribution in [2.45, 2.75) is 31.3 Å². The molecule has 0 saturated carbocycles. The zero-order chi connectivity index (χ0) is 20.3. The molecule has 0 heterocycles. The number of rotatable bonds is 12. The Morgan fingerprint density at radius 1 is 0.808 bits per heavy atom. The summed E-state index contributed by atoms with van der Waals surface area (Å²) in [4.78, 5) is 66.6. The van der Waals surface area contributed by atoms with E-state index in [2.05, 4.69) is 5.32 Å². The number of aliphatic carboxylic acids is 3. The van der Waals surface area contributed by atoms with E-state index in [9.17, 15) is 28.8 Å². The van der Waals surface area contributed by atoms with Gasteiger partial charge in [0.15, 0.2) is 0 Å². The Morgan fingerprint density at radius 2 is 1.42 bits per heavy atom. The molecule has 0 saturated heterocycles. The minimum absolute atomic E-state index is 0.222. The average Bonchev–Trinajstić information content (AvgIpc) is 2.54. The van der Waals surface area contributed by atoms with Gasteiger partial charge in [-0.05, 0) is 6.42 Å². The maximum absolute atomic E-state index is 11.9. The molecule has 13 nitrogen and oxygen atoms in total. The Kier molecular flexibility index (Phi) is 9.95. The van der Waals surface area contributed by atoms with Crippen molar-refractivity contribution >= 4 is 35.6 Å². The Labute approximate surface area is 146 Å². The van der Waals surface area contributed by atoms with Gasteiger partial charge in [0.2, 0.25) is 17.7 Å². The SMILES string of the molecule is NC(CCC(=O)O)C(=O)NC(CC(=O)O)C(=O)NCC(=O)NCC(=O)O. The van der Waals surface area contributed by atoms with E-state index in [4.69, 9.17) is 21.1 Å². The van der Waals surface area contributed by atoms with Crippen LogP contribution in [0, 0.1) is 0 Å². The Balaban J connectivity index is 4.66. The molecule has 146 valence electrons. The molecule has 0 aliphatic carbocycles. The molecule has 0 aliphatic heterocycles. The van der Waals surface area contributed by atoms with Crippen LogP contribution in [0.4, 0.5) is 0 Å². The fraction of sp³-hybridized carbons (Fsp3) is 0.538. The van der Waals surface area contributed by atoms with Crippen LogP contribution in [0.5, 0.6) is 0 Å². The van der Waals surface area contributed by atoms with Gasteiger partial charge in [-0.25, -0.2) is 0 Å². The van der Waals surface area contributed by atoms with Gasteiger partial charge in [0.25, 0.3) is 0 Å². The van der Waals surface area contributed by atoms with Crippen LogP contribution in [0.2, 0.25) is 0 Å². The molecule has 2 unspecified atom stereocenters. The van der Waals surface area contributed by atoms with Crippen LogP contribution in [-0.2, 0) is 28.8 Å². The first-order chi connectivity index (χ1) is 12.0. The van der Waals surface area contributed by atoms with Gasteiger partial charge in [-0.3, -0.25) is 28.8 Å². The van der Waals surface area contributed by atoms with E-state index in [1.807, 2.05) is 10.6 Å². The molecule has 0 spiro atoms. The highest BCUT2D eigenvalue weighted by Crippen LogP contribution is 1.99. The van der Waals surface area contributed by atoms with Gasteiger partial charge in [0.05, 0.1) is 19.0 Å². The topological polar surface area (TPSA) is 225 Å². The summed E-state index contributed by atoms with van der Waals surface area (Å²) in [6.45, 7) is -1.30. The van der Waals surface area contributed by atoms with Crippen LogP contribution in [0.25, 0.3) is 0 Å². The second-order valence-electron chi connectivity index (χ2n) is 5.09. The van der Waals surface area contributed by atoms with Crippen molar-refractivity contribution < 1.29 is 44.1 Å². The summed E-state index contributed by atoms with van der Waals surface area (Å²) >= 11 is 0.